The number of alkyl halides is 3. The Morgan fingerprint density at radius 2 is 2.08 bits per heavy atom. The van der Waals surface area contributed by atoms with Crippen molar-refractivity contribution < 1.29 is 22.7 Å². The molecule has 0 aliphatic rings. The van der Waals surface area contributed by atoms with E-state index in [1.54, 1.807) is 6.92 Å². The first-order valence-corrected chi connectivity index (χ1v) is 3.35. The first-order valence-electron chi connectivity index (χ1n) is 3.35. The van der Waals surface area contributed by atoms with Crippen LogP contribution in [0.25, 0.3) is 0 Å². The lowest BCUT2D eigenvalue weighted by atomic mass is 10.4. The van der Waals surface area contributed by atoms with E-state index in [-0.39, 0.29) is 0 Å². The van der Waals surface area contributed by atoms with E-state index >= 15 is 0 Å². The molecule has 0 aliphatic heterocycles. The molecule has 70 valence electrons. The van der Waals surface area contributed by atoms with Crippen LogP contribution in [0.5, 0.6) is 0 Å². The highest BCUT2D eigenvalue weighted by atomic mass is 19.4. The van der Waals surface area contributed by atoms with Crippen LogP contribution >= 0.6 is 0 Å². The number of hydrogen-bond acceptors (Lipinski definition) is 2. The van der Waals surface area contributed by atoms with Gasteiger partial charge in [-0.25, -0.2) is 4.79 Å². The van der Waals surface area contributed by atoms with Gasteiger partial charge in [0.05, 0.1) is 0 Å². The molecule has 0 N–H and O–H groups in total. The average molecular weight is 182 g/mol. The van der Waals surface area contributed by atoms with E-state index in [4.69, 9.17) is 0 Å². The molecule has 12 heavy (non-hydrogen) atoms. The quantitative estimate of drug-likeness (QED) is 0.493. The predicted molar refractivity (Wildman–Crippen MR) is 36.4 cm³/mol. The lowest BCUT2D eigenvalue weighted by molar-refractivity contribution is -0.182. The Labute approximate surface area is 68.0 Å². The third kappa shape index (κ3) is 7.11. The second-order valence-corrected chi connectivity index (χ2v) is 2.03. The van der Waals surface area contributed by atoms with Crippen molar-refractivity contribution in [1.29, 1.82) is 0 Å². The van der Waals surface area contributed by atoms with E-state index in [0.29, 0.717) is 6.42 Å². The van der Waals surface area contributed by atoms with Crippen LogP contribution in [-0.4, -0.2) is 18.8 Å². The van der Waals surface area contributed by atoms with Crippen LogP contribution in [0.4, 0.5) is 13.2 Å². The normalized spacial score (nSPS) is 12.0. The first-order chi connectivity index (χ1) is 5.45. The Kier molecular flexibility index (Phi) is 4.39. The second-order valence-electron chi connectivity index (χ2n) is 2.03. The Morgan fingerprint density at radius 1 is 1.50 bits per heavy atom. The molecule has 0 radical (unpaired) electrons. The van der Waals surface area contributed by atoms with Gasteiger partial charge in [-0.05, 0) is 6.42 Å². The van der Waals surface area contributed by atoms with Crippen LogP contribution < -0.4 is 0 Å². The molecule has 0 rings (SSSR count). The Hall–Kier alpha value is -1.00. The fraction of sp³-hybridized carbons (Fsp3) is 0.571. The summed E-state index contributed by atoms with van der Waals surface area (Å²) in [6.45, 7) is 0.230. The number of carbonyl (C=O) groups excluding carboxylic acids is 1. The standard InChI is InChI=1S/C7H9F3O2/c1-2-3-4-6(11)12-5-7(8,9)10/h3-4H,2,5H2,1H3. The summed E-state index contributed by atoms with van der Waals surface area (Å²) in [7, 11) is 0. The highest BCUT2D eigenvalue weighted by Gasteiger charge is 2.28. The van der Waals surface area contributed by atoms with Crippen LogP contribution in [0.15, 0.2) is 12.2 Å². The van der Waals surface area contributed by atoms with Gasteiger partial charge in [-0.2, -0.15) is 13.2 Å². The third-order valence-corrected chi connectivity index (χ3v) is 0.868. The minimum absolute atomic E-state index is 0.584. The van der Waals surface area contributed by atoms with Crippen LogP contribution in [0, 0.1) is 0 Å². The largest absolute Gasteiger partial charge is 0.453 e. The molecule has 0 aromatic rings. The molecule has 0 unspecified atom stereocenters. The summed E-state index contributed by atoms with van der Waals surface area (Å²) in [6, 6.07) is 0. The molecule has 0 fully saturated rings. The zero-order chi connectivity index (χ0) is 9.61. The Morgan fingerprint density at radius 3 is 2.50 bits per heavy atom. The summed E-state index contributed by atoms with van der Waals surface area (Å²) in [5.74, 6) is -0.964. The van der Waals surface area contributed by atoms with Crippen LogP contribution in [0.1, 0.15) is 13.3 Å². The maximum absolute atomic E-state index is 11.4. The van der Waals surface area contributed by atoms with E-state index < -0.39 is 18.8 Å². The van der Waals surface area contributed by atoms with E-state index in [0.717, 1.165) is 6.08 Å². The monoisotopic (exact) mass is 182 g/mol. The molecule has 0 spiro atoms. The zero-order valence-electron chi connectivity index (χ0n) is 6.52. The van der Waals surface area contributed by atoms with Gasteiger partial charge in [0.1, 0.15) is 0 Å². The van der Waals surface area contributed by atoms with Crippen molar-refractivity contribution in [3.05, 3.63) is 12.2 Å². The number of esters is 1. The summed E-state index contributed by atoms with van der Waals surface area (Å²) >= 11 is 0. The maximum Gasteiger partial charge on any atom is 0.422 e. The molecular weight excluding hydrogens is 173 g/mol. The fourth-order valence-corrected chi connectivity index (χ4v) is 0.415. The van der Waals surface area contributed by atoms with Crippen LogP contribution in [0.2, 0.25) is 0 Å². The SMILES string of the molecule is CCC=CC(=O)OCC(F)(F)F. The van der Waals surface area contributed by atoms with Gasteiger partial charge in [0, 0.05) is 6.08 Å². The molecule has 0 heterocycles. The number of hydrogen-bond donors (Lipinski definition) is 0. The van der Waals surface area contributed by atoms with E-state index in [1.165, 1.54) is 6.08 Å². The van der Waals surface area contributed by atoms with Crippen molar-refractivity contribution >= 4 is 5.97 Å². The molecule has 0 atom stereocenters. The molecule has 2 nitrogen and oxygen atoms in total. The summed E-state index contributed by atoms with van der Waals surface area (Å²) in [5, 5.41) is 0. The molecule has 0 amide bonds. The summed E-state index contributed by atoms with van der Waals surface area (Å²) in [5.41, 5.74) is 0. The Bertz CT molecular complexity index is 172. The molecule has 0 aromatic carbocycles. The van der Waals surface area contributed by atoms with Gasteiger partial charge >= 0.3 is 12.1 Å². The molecule has 0 saturated heterocycles. The summed E-state index contributed by atoms with van der Waals surface area (Å²) in [4.78, 5) is 10.4. The van der Waals surface area contributed by atoms with Gasteiger partial charge in [0.2, 0.25) is 0 Å². The van der Waals surface area contributed by atoms with Crippen molar-refractivity contribution in [3.8, 4) is 0 Å². The topological polar surface area (TPSA) is 26.3 Å². The number of rotatable bonds is 3. The fourth-order valence-electron chi connectivity index (χ4n) is 0.415. The molecule has 5 heteroatoms. The molecule has 0 aliphatic carbocycles. The van der Waals surface area contributed by atoms with E-state index in [1.807, 2.05) is 0 Å². The molecule has 0 aromatic heterocycles. The average Bonchev–Trinajstić information content (AvgIpc) is 1.95. The van der Waals surface area contributed by atoms with Gasteiger partial charge in [-0.1, -0.05) is 13.0 Å². The molecular formula is C7H9F3O2. The second kappa shape index (κ2) is 4.79. The van der Waals surface area contributed by atoms with Gasteiger partial charge in [0.25, 0.3) is 0 Å². The van der Waals surface area contributed by atoms with Crippen molar-refractivity contribution in [2.24, 2.45) is 0 Å². The lowest BCUT2D eigenvalue weighted by Gasteiger charge is -2.04. The van der Waals surface area contributed by atoms with Gasteiger partial charge in [-0.3, -0.25) is 0 Å². The van der Waals surface area contributed by atoms with Gasteiger partial charge in [-0.15, -0.1) is 0 Å². The highest BCUT2D eigenvalue weighted by molar-refractivity contribution is 5.81. The summed E-state index contributed by atoms with van der Waals surface area (Å²) in [6.07, 6.45) is -1.46. The van der Waals surface area contributed by atoms with Crippen LogP contribution in [-0.2, 0) is 9.53 Å². The number of ether oxygens (including phenoxy) is 1. The molecule has 0 saturated carbocycles. The summed E-state index contributed by atoms with van der Waals surface area (Å²) < 4.78 is 38.2. The minimum atomic E-state index is -4.45. The van der Waals surface area contributed by atoms with Gasteiger partial charge in [0.15, 0.2) is 6.61 Å². The number of carbonyl (C=O) groups is 1. The van der Waals surface area contributed by atoms with Crippen molar-refractivity contribution in [2.45, 2.75) is 19.5 Å². The smallest absolute Gasteiger partial charge is 0.422 e. The van der Waals surface area contributed by atoms with E-state index in [2.05, 4.69) is 4.74 Å². The zero-order valence-corrected chi connectivity index (χ0v) is 6.52. The number of halogens is 3. The first kappa shape index (κ1) is 11.0. The van der Waals surface area contributed by atoms with Crippen molar-refractivity contribution in [1.82, 2.24) is 0 Å². The van der Waals surface area contributed by atoms with Crippen LogP contribution in [0.3, 0.4) is 0 Å². The highest BCUT2D eigenvalue weighted by Crippen LogP contribution is 2.14. The van der Waals surface area contributed by atoms with Gasteiger partial charge < -0.3 is 4.74 Å². The number of allylic oxidation sites excluding steroid dienone is 1. The lowest BCUT2D eigenvalue weighted by Crippen LogP contribution is -2.19. The maximum atomic E-state index is 11.4. The third-order valence-electron chi connectivity index (χ3n) is 0.868. The minimum Gasteiger partial charge on any atom is -0.453 e. The predicted octanol–water partition coefficient (Wildman–Crippen LogP) is 2.06. The van der Waals surface area contributed by atoms with Crippen molar-refractivity contribution in [3.63, 3.8) is 0 Å². The van der Waals surface area contributed by atoms with Crippen molar-refractivity contribution in [2.75, 3.05) is 6.61 Å². The van der Waals surface area contributed by atoms with E-state index in [9.17, 15) is 18.0 Å². The Balaban J connectivity index is 3.65. The molecule has 0 bridgehead atoms.